The van der Waals surface area contributed by atoms with Crippen molar-refractivity contribution in [2.24, 2.45) is 0 Å². The van der Waals surface area contributed by atoms with Crippen LogP contribution in [-0.4, -0.2) is 11.7 Å². The summed E-state index contributed by atoms with van der Waals surface area (Å²) in [6.45, 7) is 0. The highest BCUT2D eigenvalue weighted by Gasteiger charge is 2.13. The lowest BCUT2D eigenvalue weighted by Gasteiger charge is -2.07. The van der Waals surface area contributed by atoms with E-state index in [1.54, 1.807) is 24.3 Å². The summed E-state index contributed by atoms with van der Waals surface area (Å²) in [4.78, 5) is 24.1. The van der Waals surface area contributed by atoms with Gasteiger partial charge in [-0.15, -0.1) is 0 Å². The van der Waals surface area contributed by atoms with Crippen LogP contribution in [0.3, 0.4) is 0 Å². The summed E-state index contributed by atoms with van der Waals surface area (Å²) in [5.74, 6) is -0.184. The summed E-state index contributed by atoms with van der Waals surface area (Å²) in [5, 5.41) is 3.47. The van der Waals surface area contributed by atoms with E-state index in [4.69, 9.17) is 11.6 Å². The molecule has 0 fully saturated rings. The predicted molar refractivity (Wildman–Crippen MR) is 92.1 cm³/mol. The zero-order valence-electron chi connectivity index (χ0n) is 12.8. The Hall–Kier alpha value is -2.13. The standard InChI is InChI=1S/C19H18ClNO2/c20-16-7-4-14(5-8-16)18(22)10-11-19(23)21-17-9-6-13-2-1-3-15(13)12-17/h4-9,12H,1-3,10-11H2,(H,21,23). The number of anilines is 1. The number of fused-ring (bicyclic) bond motifs is 1. The quantitative estimate of drug-likeness (QED) is 0.826. The van der Waals surface area contributed by atoms with Gasteiger partial charge in [-0.05, 0) is 66.8 Å². The molecule has 0 unspecified atom stereocenters. The molecule has 1 aliphatic carbocycles. The molecule has 0 spiro atoms. The maximum Gasteiger partial charge on any atom is 0.224 e. The molecule has 0 aromatic heterocycles. The normalized spacial score (nSPS) is 12.7. The molecule has 3 rings (SSSR count). The molecule has 0 aliphatic heterocycles. The molecule has 0 radical (unpaired) electrons. The monoisotopic (exact) mass is 327 g/mol. The van der Waals surface area contributed by atoms with E-state index in [0.29, 0.717) is 10.6 Å². The number of benzene rings is 2. The molecule has 0 atom stereocenters. The van der Waals surface area contributed by atoms with Crippen LogP contribution in [0.25, 0.3) is 0 Å². The highest BCUT2D eigenvalue weighted by molar-refractivity contribution is 6.30. The second kappa shape index (κ2) is 6.97. The first-order valence-corrected chi connectivity index (χ1v) is 8.20. The topological polar surface area (TPSA) is 46.2 Å². The van der Waals surface area contributed by atoms with Gasteiger partial charge in [-0.25, -0.2) is 0 Å². The average Bonchev–Trinajstić information content (AvgIpc) is 3.01. The summed E-state index contributed by atoms with van der Waals surface area (Å²) in [7, 11) is 0. The number of hydrogen-bond acceptors (Lipinski definition) is 2. The number of nitrogens with one attached hydrogen (secondary N) is 1. The van der Waals surface area contributed by atoms with Crippen LogP contribution in [0.1, 0.15) is 40.7 Å². The predicted octanol–water partition coefficient (Wildman–Crippen LogP) is 4.43. The molecule has 1 N–H and O–H groups in total. The smallest absolute Gasteiger partial charge is 0.224 e. The maximum atomic E-state index is 12.0. The first-order valence-electron chi connectivity index (χ1n) is 7.82. The number of carbonyl (C=O) groups excluding carboxylic acids is 2. The van der Waals surface area contributed by atoms with Gasteiger partial charge >= 0.3 is 0 Å². The van der Waals surface area contributed by atoms with Crippen LogP contribution in [0.5, 0.6) is 0 Å². The molecule has 4 heteroatoms. The second-order valence-corrected chi connectivity index (χ2v) is 6.25. The third-order valence-corrected chi connectivity index (χ3v) is 4.38. The van der Waals surface area contributed by atoms with Crippen molar-refractivity contribution >= 4 is 29.0 Å². The van der Waals surface area contributed by atoms with Crippen molar-refractivity contribution in [1.82, 2.24) is 0 Å². The second-order valence-electron chi connectivity index (χ2n) is 5.82. The van der Waals surface area contributed by atoms with Crippen LogP contribution in [0.15, 0.2) is 42.5 Å². The Morgan fingerprint density at radius 2 is 1.70 bits per heavy atom. The average molecular weight is 328 g/mol. The molecular formula is C19H18ClNO2. The van der Waals surface area contributed by atoms with Gasteiger partial charge in [-0.2, -0.15) is 0 Å². The first-order chi connectivity index (χ1) is 11.1. The zero-order valence-corrected chi connectivity index (χ0v) is 13.5. The Morgan fingerprint density at radius 3 is 2.48 bits per heavy atom. The number of Topliss-reactive ketones (excluding diaryl/α,β-unsaturated/α-hetero) is 1. The Kier molecular flexibility index (Phi) is 4.77. The van der Waals surface area contributed by atoms with E-state index in [0.717, 1.165) is 18.5 Å². The highest BCUT2D eigenvalue weighted by Crippen LogP contribution is 2.25. The lowest BCUT2D eigenvalue weighted by Crippen LogP contribution is -2.13. The van der Waals surface area contributed by atoms with E-state index in [-0.39, 0.29) is 24.5 Å². The van der Waals surface area contributed by atoms with Crippen LogP contribution in [0.4, 0.5) is 5.69 Å². The number of carbonyl (C=O) groups is 2. The molecule has 0 heterocycles. The number of halogens is 1. The zero-order chi connectivity index (χ0) is 16.2. The molecule has 2 aromatic rings. The summed E-state index contributed by atoms with van der Waals surface area (Å²) >= 11 is 5.80. The maximum absolute atomic E-state index is 12.0. The third-order valence-electron chi connectivity index (χ3n) is 4.13. The SMILES string of the molecule is O=C(CCC(=O)c1ccc(Cl)cc1)Nc1ccc2c(c1)CCC2. The molecular weight excluding hydrogens is 310 g/mol. The van der Waals surface area contributed by atoms with E-state index in [9.17, 15) is 9.59 Å². The molecule has 2 aromatic carbocycles. The van der Waals surface area contributed by atoms with Crippen LogP contribution >= 0.6 is 11.6 Å². The number of aryl methyl sites for hydroxylation is 2. The van der Waals surface area contributed by atoms with Gasteiger partial charge in [0.15, 0.2) is 5.78 Å². The van der Waals surface area contributed by atoms with E-state index < -0.39 is 0 Å². The largest absolute Gasteiger partial charge is 0.326 e. The summed E-state index contributed by atoms with van der Waals surface area (Å²) < 4.78 is 0. The first kappa shape index (κ1) is 15.8. The van der Waals surface area contributed by atoms with Crippen molar-refractivity contribution in [3.8, 4) is 0 Å². The van der Waals surface area contributed by atoms with Crippen LogP contribution in [0, 0.1) is 0 Å². The van der Waals surface area contributed by atoms with Crippen molar-refractivity contribution in [2.45, 2.75) is 32.1 Å². The molecule has 3 nitrogen and oxygen atoms in total. The molecule has 118 valence electrons. The van der Waals surface area contributed by atoms with Crippen molar-refractivity contribution in [2.75, 3.05) is 5.32 Å². The minimum absolute atomic E-state index is 0.0502. The van der Waals surface area contributed by atoms with E-state index in [1.807, 2.05) is 12.1 Å². The lowest BCUT2D eigenvalue weighted by molar-refractivity contribution is -0.116. The van der Waals surface area contributed by atoms with Crippen molar-refractivity contribution in [1.29, 1.82) is 0 Å². The van der Waals surface area contributed by atoms with E-state index in [1.165, 1.54) is 17.5 Å². The fourth-order valence-electron chi connectivity index (χ4n) is 2.88. The van der Waals surface area contributed by atoms with Gasteiger partial charge in [-0.1, -0.05) is 17.7 Å². The molecule has 1 aliphatic rings. The number of ketones is 1. The molecule has 0 bridgehead atoms. The number of amides is 1. The van der Waals surface area contributed by atoms with E-state index in [2.05, 4.69) is 11.4 Å². The van der Waals surface area contributed by atoms with Crippen LogP contribution in [-0.2, 0) is 17.6 Å². The van der Waals surface area contributed by atoms with Crippen LogP contribution in [0.2, 0.25) is 5.02 Å². The molecule has 23 heavy (non-hydrogen) atoms. The summed E-state index contributed by atoms with van der Waals surface area (Å²) in [6.07, 6.45) is 3.76. The van der Waals surface area contributed by atoms with Gasteiger partial charge in [0.05, 0.1) is 0 Å². The Morgan fingerprint density at radius 1 is 0.957 bits per heavy atom. The summed E-state index contributed by atoms with van der Waals surface area (Å²) in [6, 6.07) is 12.8. The van der Waals surface area contributed by atoms with Gasteiger partial charge in [0.1, 0.15) is 0 Å². The van der Waals surface area contributed by atoms with Crippen molar-refractivity contribution < 1.29 is 9.59 Å². The Labute approximate surface area is 140 Å². The molecule has 0 saturated carbocycles. The van der Waals surface area contributed by atoms with Crippen molar-refractivity contribution in [3.05, 3.63) is 64.2 Å². The lowest BCUT2D eigenvalue weighted by atomic mass is 10.1. The van der Waals surface area contributed by atoms with Gasteiger partial charge in [-0.3, -0.25) is 9.59 Å². The number of rotatable bonds is 5. The fraction of sp³-hybridized carbons (Fsp3) is 0.263. The van der Waals surface area contributed by atoms with Gasteiger partial charge in [0, 0.05) is 29.1 Å². The minimum Gasteiger partial charge on any atom is -0.326 e. The Balaban J connectivity index is 1.53. The summed E-state index contributed by atoms with van der Waals surface area (Å²) in [5.41, 5.74) is 4.09. The van der Waals surface area contributed by atoms with E-state index >= 15 is 0 Å². The fourth-order valence-corrected chi connectivity index (χ4v) is 3.01. The third kappa shape index (κ3) is 3.99. The molecule has 1 amide bonds. The van der Waals surface area contributed by atoms with Crippen molar-refractivity contribution in [3.63, 3.8) is 0 Å². The van der Waals surface area contributed by atoms with Crippen LogP contribution < -0.4 is 5.32 Å². The minimum atomic E-state index is -0.134. The van der Waals surface area contributed by atoms with Gasteiger partial charge in [0.2, 0.25) is 5.91 Å². The van der Waals surface area contributed by atoms with Gasteiger partial charge in [0.25, 0.3) is 0 Å². The number of hydrogen-bond donors (Lipinski definition) is 1. The molecule has 0 saturated heterocycles. The Bertz CT molecular complexity index is 738. The highest BCUT2D eigenvalue weighted by atomic mass is 35.5. The van der Waals surface area contributed by atoms with Gasteiger partial charge < -0.3 is 5.32 Å².